The van der Waals surface area contributed by atoms with Gasteiger partial charge >= 0.3 is 5.97 Å². The first-order valence-electron chi connectivity index (χ1n) is 11.7. The van der Waals surface area contributed by atoms with Gasteiger partial charge in [-0.1, -0.05) is 60.1 Å². The molecule has 0 radical (unpaired) electrons. The number of ether oxygens (including phenoxy) is 1. The Morgan fingerprint density at radius 2 is 1.25 bits per heavy atom. The second kappa shape index (κ2) is 8.60. The van der Waals surface area contributed by atoms with Crippen LogP contribution in [-0.2, 0) is 23.9 Å². The first kappa shape index (κ1) is 22.5. The zero-order valence-corrected chi connectivity index (χ0v) is 19.8. The molecular weight excluding hydrogens is 480 g/mol. The number of carbonyl (C=O) groups excluding carboxylic acids is 4. The van der Waals surface area contributed by atoms with Crippen molar-refractivity contribution in [1.82, 2.24) is 4.90 Å². The maximum atomic E-state index is 13.5. The smallest absolute Gasteiger partial charge is 0.326 e. The number of likely N-dealkylation sites (tertiary alicyclic amines) is 1. The molecule has 0 aromatic heterocycles. The molecule has 1 aliphatic heterocycles. The first-order valence-corrected chi connectivity index (χ1v) is 12.1. The highest BCUT2D eigenvalue weighted by atomic mass is 35.5. The van der Waals surface area contributed by atoms with Crippen LogP contribution in [0.15, 0.2) is 72.8 Å². The Hall–Kier alpha value is -3.97. The number of nitrogens with one attached hydrogen (secondary N) is 1. The van der Waals surface area contributed by atoms with Crippen molar-refractivity contribution in [3.63, 3.8) is 0 Å². The van der Waals surface area contributed by atoms with Gasteiger partial charge in [-0.2, -0.15) is 0 Å². The fraction of sp³-hybridized carbons (Fsp3) is 0.214. The lowest BCUT2D eigenvalue weighted by atomic mass is 9.55. The van der Waals surface area contributed by atoms with Crippen molar-refractivity contribution in [1.29, 1.82) is 0 Å². The van der Waals surface area contributed by atoms with E-state index in [1.807, 2.05) is 48.5 Å². The highest BCUT2D eigenvalue weighted by Gasteiger charge is 2.61. The van der Waals surface area contributed by atoms with Crippen LogP contribution in [0.3, 0.4) is 0 Å². The Bertz CT molecular complexity index is 1300. The van der Waals surface area contributed by atoms with Crippen LogP contribution in [-0.4, -0.2) is 41.7 Å². The summed E-state index contributed by atoms with van der Waals surface area (Å²) in [5, 5.41) is 3.12. The SMILES string of the molecule is O=C(COC(=O)CN1C(=O)[C@H]2C3c4ccccc4C(c4ccccc43)[C@@H]2C1=O)Nc1ccc(Cl)cc1. The lowest BCUT2D eigenvalue weighted by molar-refractivity contribution is -0.154. The van der Waals surface area contributed by atoms with Crippen molar-refractivity contribution < 1.29 is 23.9 Å². The van der Waals surface area contributed by atoms with Crippen molar-refractivity contribution in [3.8, 4) is 0 Å². The number of hydrogen-bond acceptors (Lipinski definition) is 5. The monoisotopic (exact) mass is 500 g/mol. The van der Waals surface area contributed by atoms with Gasteiger partial charge in [0.2, 0.25) is 11.8 Å². The Morgan fingerprint density at radius 1 is 0.778 bits per heavy atom. The van der Waals surface area contributed by atoms with Crippen LogP contribution in [0, 0.1) is 11.8 Å². The van der Waals surface area contributed by atoms with E-state index in [0.717, 1.165) is 27.2 Å². The third-order valence-electron chi connectivity index (χ3n) is 7.32. The van der Waals surface area contributed by atoms with E-state index in [0.29, 0.717) is 10.7 Å². The molecule has 7 rings (SSSR count). The second-order valence-electron chi connectivity index (χ2n) is 9.24. The molecule has 0 spiro atoms. The van der Waals surface area contributed by atoms with E-state index in [2.05, 4.69) is 5.32 Å². The molecule has 1 N–H and O–H groups in total. The summed E-state index contributed by atoms with van der Waals surface area (Å²) in [6.07, 6.45) is 0. The van der Waals surface area contributed by atoms with Gasteiger partial charge in [-0.15, -0.1) is 0 Å². The third kappa shape index (κ3) is 3.50. The predicted octanol–water partition coefficient (Wildman–Crippen LogP) is 3.71. The summed E-state index contributed by atoms with van der Waals surface area (Å²) < 4.78 is 5.08. The van der Waals surface area contributed by atoms with Crippen LogP contribution in [0.25, 0.3) is 0 Å². The van der Waals surface area contributed by atoms with Crippen LogP contribution in [0.4, 0.5) is 5.69 Å². The maximum absolute atomic E-state index is 13.5. The summed E-state index contributed by atoms with van der Waals surface area (Å²) in [6, 6.07) is 22.4. The van der Waals surface area contributed by atoms with E-state index in [1.165, 1.54) is 0 Å². The van der Waals surface area contributed by atoms with E-state index in [9.17, 15) is 19.2 Å². The maximum Gasteiger partial charge on any atom is 0.326 e. The molecule has 0 unspecified atom stereocenters. The lowest BCUT2D eigenvalue weighted by Crippen LogP contribution is -2.41. The molecule has 3 amide bonds. The van der Waals surface area contributed by atoms with Gasteiger partial charge in [0.1, 0.15) is 6.54 Å². The van der Waals surface area contributed by atoms with Crippen LogP contribution in [0.1, 0.15) is 34.1 Å². The minimum atomic E-state index is -0.816. The Labute approximate surface area is 212 Å². The molecule has 3 aromatic rings. The summed E-state index contributed by atoms with van der Waals surface area (Å²) in [4.78, 5) is 52.7. The van der Waals surface area contributed by atoms with Gasteiger partial charge in [0.25, 0.3) is 5.91 Å². The van der Waals surface area contributed by atoms with Gasteiger partial charge in [0, 0.05) is 22.5 Å². The highest BCUT2D eigenvalue weighted by molar-refractivity contribution is 6.30. The van der Waals surface area contributed by atoms with Crippen LogP contribution in [0.5, 0.6) is 0 Å². The molecule has 180 valence electrons. The Balaban J connectivity index is 1.18. The summed E-state index contributed by atoms with van der Waals surface area (Å²) in [5.41, 5.74) is 4.75. The average molecular weight is 501 g/mol. The van der Waals surface area contributed by atoms with E-state index in [1.54, 1.807) is 24.3 Å². The molecule has 3 aromatic carbocycles. The number of rotatable bonds is 5. The third-order valence-corrected chi connectivity index (χ3v) is 7.57. The van der Waals surface area contributed by atoms with Gasteiger partial charge in [-0.25, -0.2) is 0 Å². The number of nitrogens with zero attached hydrogens (tertiary/aromatic N) is 1. The molecule has 1 fully saturated rings. The summed E-state index contributed by atoms with van der Waals surface area (Å²) >= 11 is 5.83. The number of anilines is 1. The number of hydrogen-bond donors (Lipinski definition) is 1. The molecule has 1 saturated heterocycles. The summed E-state index contributed by atoms with van der Waals surface area (Å²) in [6.45, 7) is -1.06. The molecule has 1 heterocycles. The van der Waals surface area contributed by atoms with E-state index in [-0.39, 0.29) is 23.7 Å². The van der Waals surface area contributed by atoms with E-state index in [4.69, 9.17) is 16.3 Å². The fourth-order valence-electron chi connectivity index (χ4n) is 5.95. The fourth-order valence-corrected chi connectivity index (χ4v) is 6.07. The average Bonchev–Trinajstić information content (AvgIpc) is 3.14. The number of benzene rings is 3. The van der Waals surface area contributed by atoms with E-state index >= 15 is 0 Å². The van der Waals surface area contributed by atoms with Gasteiger partial charge < -0.3 is 10.1 Å². The molecule has 0 saturated carbocycles. The molecule has 36 heavy (non-hydrogen) atoms. The molecule has 2 bridgehead atoms. The molecule has 3 aliphatic carbocycles. The van der Waals surface area contributed by atoms with Gasteiger partial charge in [-0.05, 0) is 46.5 Å². The molecule has 2 atom stereocenters. The van der Waals surface area contributed by atoms with Crippen molar-refractivity contribution in [2.75, 3.05) is 18.5 Å². The predicted molar refractivity (Wildman–Crippen MR) is 131 cm³/mol. The largest absolute Gasteiger partial charge is 0.454 e. The van der Waals surface area contributed by atoms with Gasteiger partial charge in [-0.3, -0.25) is 24.1 Å². The quantitative estimate of drug-likeness (QED) is 0.426. The van der Waals surface area contributed by atoms with E-state index < -0.39 is 36.9 Å². The number of carbonyl (C=O) groups is 4. The molecule has 8 heteroatoms. The molecule has 7 nitrogen and oxygen atoms in total. The van der Waals surface area contributed by atoms with Crippen molar-refractivity contribution in [2.24, 2.45) is 11.8 Å². The summed E-state index contributed by atoms with van der Waals surface area (Å²) in [5.74, 6) is -3.70. The topological polar surface area (TPSA) is 92.8 Å². The van der Waals surface area contributed by atoms with Crippen LogP contribution in [0.2, 0.25) is 5.02 Å². The van der Waals surface area contributed by atoms with Crippen molar-refractivity contribution in [2.45, 2.75) is 11.8 Å². The lowest BCUT2D eigenvalue weighted by Gasteiger charge is -2.45. The molecular formula is C28H21ClN2O5. The minimum Gasteiger partial charge on any atom is -0.454 e. The number of esters is 1. The number of halogens is 1. The number of imide groups is 1. The second-order valence-corrected chi connectivity index (χ2v) is 9.68. The first-order chi connectivity index (χ1) is 17.4. The van der Waals surface area contributed by atoms with Crippen molar-refractivity contribution in [3.05, 3.63) is 100 Å². The van der Waals surface area contributed by atoms with Gasteiger partial charge in [0.15, 0.2) is 6.61 Å². The zero-order valence-electron chi connectivity index (χ0n) is 19.0. The number of amides is 3. The van der Waals surface area contributed by atoms with Crippen LogP contribution < -0.4 is 5.32 Å². The zero-order chi connectivity index (χ0) is 25.0. The Morgan fingerprint density at radius 3 is 1.72 bits per heavy atom. The minimum absolute atomic E-state index is 0.241. The van der Waals surface area contributed by atoms with Crippen LogP contribution >= 0.6 is 11.6 Å². The standard InChI is InChI=1S/C28H21ClN2O5/c29-15-9-11-16(12-10-15)30-21(32)14-36-22(33)13-31-27(34)25-23-17-5-1-2-6-18(17)24(26(25)28(31)35)20-8-4-3-7-19(20)23/h1-12,23-26H,13-14H2,(H,30,32)/t23?,24?,25-,26-/m0/s1. The molecule has 4 aliphatic rings. The summed E-state index contributed by atoms with van der Waals surface area (Å²) in [7, 11) is 0. The normalized spacial score (nSPS) is 23.1. The van der Waals surface area contributed by atoms with Gasteiger partial charge in [0.05, 0.1) is 11.8 Å². The Kier molecular flexibility index (Phi) is 5.38. The van der Waals surface area contributed by atoms with Crippen molar-refractivity contribution >= 4 is 41.0 Å². The highest BCUT2D eigenvalue weighted by Crippen LogP contribution is 2.60.